The lowest BCUT2D eigenvalue weighted by Crippen LogP contribution is -2.84. The van der Waals surface area contributed by atoms with E-state index in [1.807, 2.05) is 6.92 Å². The Labute approximate surface area is 170 Å². The molecule has 1 aromatic carbocycles. The minimum Gasteiger partial charge on any atom is -0.484 e. The van der Waals surface area contributed by atoms with Gasteiger partial charge < -0.3 is 15.4 Å². The Kier molecular flexibility index (Phi) is 4.56. The summed E-state index contributed by atoms with van der Waals surface area (Å²) < 4.78 is 5.45. The number of nitrogens with zero attached hydrogens (tertiary/aromatic N) is 1. The third-order valence-electron chi connectivity index (χ3n) is 4.93. The van der Waals surface area contributed by atoms with Gasteiger partial charge in [0.05, 0.1) is 15.1 Å². The van der Waals surface area contributed by atoms with Crippen molar-refractivity contribution < 1.29 is 14.3 Å². The summed E-state index contributed by atoms with van der Waals surface area (Å²) in [6.45, 7) is 1.77. The molecule has 2 bridgehead atoms. The first-order chi connectivity index (χ1) is 12.8. The normalized spacial score (nSPS) is 25.1. The lowest BCUT2D eigenvalue weighted by atomic mass is 9.44. The number of halogens is 2. The van der Waals surface area contributed by atoms with Crippen LogP contribution >= 0.6 is 34.5 Å². The minimum atomic E-state index is -0.233. The molecule has 2 N–H and O–H groups in total. The van der Waals surface area contributed by atoms with E-state index in [4.69, 9.17) is 27.9 Å². The number of nitrogens with one attached hydrogen (secondary N) is 2. The van der Waals surface area contributed by atoms with Gasteiger partial charge in [-0.2, -0.15) is 0 Å². The average Bonchev–Trinajstić information content (AvgIpc) is 2.99. The predicted octanol–water partition coefficient (Wildman–Crippen LogP) is 3.36. The standard InChI is InChI=1S/C18H17Cl2N3O3S/c1-10-21-14(6-27-10)16(25)23-18-7-17(8-18,9-18)22-15(24)5-26-11-2-3-12(19)13(20)4-11/h2-4,6H,5,7-9H2,1H3,(H,22,24)(H,23,25). The summed E-state index contributed by atoms with van der Waals surface area (Å²) in [6, 6.07) is 4.85. The van der Waals surface area contributed by atoms with E-state index in [-0.39, 0.29) is 29.5 Å². The summed E-state index contributed by atoms with van der Waals surface area (Å²) in [7, 11) is 0. The van der Waals surface area contributed by atoms with Crippen LogP contribution in [-0.2, 0) is 4.79 Å². The van der Waals surface area contributed by atoms with Crippen molar-refractivity contribution in [3.05, 3.63) is 44.3 Å². The summed E-state index contributed by atoms with van der Waals surface area (Å²) in [4.78, 5) is 28.6. The zero-order valence-electron chi connectivity index (χ0n) is 14.5. The zero-order chi connectivity index (χ0) is 19.2. The molecule has 3 aliphatic rings. The maximum atomic E-state index is 12.2. The lowest BCUT2D eigenvalue weighted by molar-refractivity contribution is -0.141. The Morgan fingerprint density at radius 2 is 1.89 bits per heavy atom. The highest BCUT2D eigenvalue weighted by Gasteiger charge is 2.69. The van der Waals surface area contributed by atoms with Gasteiger partial charge in [0.2, 0.25) is 0 Å². The molecule has 1 aromatic heterocycles. The van der Waals surface area contributed by atoms with Crippen molar-refractivity contribution in [2.75, 3.05) is 6.61 Å². The Morgan fingerprint density at radius 1 is 1.19 bits per heavy atom. The molecule has 6 nitrogen and oxygen atoms in total. The second kappa shape index (κ2) is 6.65. The molecule has 0 aliphatic heterocycles. The highest BCUT2D eigenvalue weighted by atomic mass is 35.5. The first kappa shape index (κ1) is 18.5. The van der Waals surface area contributed by atoms with Crippen LogP contribution in [0, 0.1) is 6.92 Å². The van der Waals surface area contributed by atoms with Gasteiger partial charge >= 0.3 is 0 Å². The number of amides is 2. The van der Waals surface area contributed by atoms with Crippen molar-refractivity contribution in [1.29, 1.82) is 0 Å². The maximum Gasteiger partial charge on any atom is 0.271 e. The zero-order valence-corrected chi connectivity index (χ0v) is 16.8. The maximum absolute atomic E-state index is 12.2. The monoisotopic (exact) mass is 425 g/mol. The van der Waals surface area contributed by atoms with Crippen LogP contribution in [0.25, 0.3) is 0 Å². The third-order valence-corrected chi connectivity index (χ3v) is 6.44. The molecular weight excluding hydrogens is 409 g/mol. The lowest BCUT2D eigenvalue weighted by Gasteiger charge is -2.70. The first-order valence-corrected chi connectivity index (χ1v) is 10.1. The molecular formula is C18H17Cl2N3O3S. The molecule has 9 heteroatoms. The van der Waals surface area contributed by atoms with Gasteiger partial charge in [0.25, 0.3) is 11.8 Å². The second-order valence-electron chi connectivity index (χ2n) is 7.21. The number of carbonyl (C=O) groups is 2. The number of carbonyl (C=O) groups excluding carboxylic acids is 2. The fraction of sp³-hybridized carbons (Fsp3) is 0.389. The van der Waals surface area contributed by atoms with Crippen molar-refractivity contribution in [1.82, 2.24) is 15.6 Å². The summed E-state index contributed by atoms with van der Waals surface area (Å²) in [5, 5.41) is 9.49. The van der Waals surface area contributed by atoms with Gasteiger partial charge in [0.1, 0.15) is 11.4 Å². The van der Waals surface area contributed by atoms with Crippen molar-refractivity contribution in [3.8, 4) is 5.75 Å². The molecule has 0 radical (unpaired) electrons. The van der Waals surface area contributed by atoms with E-state index < -0.39 is 0 Å². The predicted molar refractivity (Wildman–Crippen MR) is 104 cm³/mol. The van der Waals surface area contributed by atoms with E-state index in [0.29, 0.717) is 21.5 Å². The van der Waals surface area contributed by atoms with Gasteiger partial charge in [0, 0.05) is 22.5 Å². The Morgan fingerprint density at radius 3 is 2.52 bits per heavy atom. The minimum absolute atomic E-state index is 0.100. The summed E-state index contributed by atoms with van der Waals surface area (Å²) >= 11 is 13.2. The number of thiazole rings is 1. The van der Waals surface area contributed by atoms with Crippen LogP contribution < -0.4 is 15.4 Å². The molecule has 27 heavy (non-hydrogen) atoms. The van der Waals surface area contributed by atoms with Gasteiger partial charge in [-0.25, -0.2) is 4.98 Å². The van der Waals surface area contributed by atoms with E-state index in [2.05, 4.69) is 15.6 Å². The molecule has 1 heterocycles. The summed E-state index contributed by atoms with van der Waals surface area (Å²) in [5.41, 5.74) is 0.00541. The summed E-state index contributed by atoms with van der Waals surface area (Å²) in [6.07, 6.45) is 2.19. The Bertz CT molecular complexity index is 911. The number of hydrogen-bond acceptors (Lipinski definition) is 5. The second-order valence-corrected chi connectivity index (χ2v) is 9.09. The fourth-order valence-corrected chi connectivity index (χ4v) is 4.75. The number of rotatable bonds is 6. The van der Waals surface area contributed by atoms with E-state index >= 15 is 0 Å². The molecule has 3 fully saturated rings. The van der Waals surface area contributed by atoms with Crippen LogP contribution in [0.2, 0.25) is 10.0 Å². The molecule has 3 aliphatic carbocycles. The smallest absolute Gasteiger partial charge is 0.271 e. The van der Waals surface area contributed by atoms with E-state index in [1.54, 1.807) is 23.6 Å². The van der Waals surface area contributed by atoms with Gasteiger partial charge in [-0.05, 0) is 38.3 Å². The van der Waals surface area contributed by atoms with Gasteiger partial charge in [-0.3, -0.25) is 9.59 Å². The fourth-order valence-electron chi connectivity index (χ4n) is 3.87. The third kappa shape index (κ3) is 3.63. The first-order valence-electron chi connectivity index (χ1n) is 8.42. The molecule has 0 saturated heterocycles. The van der Waals surface area contributed by atoms with Crippen LogP contribution in [0.1, 0.15) is 34.8 Å². The number of benzene rings is 1. The van der Waals surface area contributed by atoms with Crippen LogP contribution in [0.5, 0.6) is 5.75 Å². The number of ether oxygens (including phenoxy) is 1. The highest BCUT2D eigenvalue weighted by molar-refractivity contribution is 7.09. The van der Waals surface area contributed by atoms with Crippen LogP contribution in [0.15, 0.2) is 23.6 Å². The van der Waals surface area contributed by atoms with Crippen molar-refractivity contribution in [2.24, 2.45) is 0 Å². The van der Waals surface area contributed by atoms with Crippen LogP contribution in [0.4, 0.5) is 0 Å². The number of hydrogen-bond donors (Lipinski definition) is 2. The largest absolute Gasteiger partial charge is 0.484 e. The molecule has 5 rings (SSSR count). The summed E-state index contributed by atoms with van der Waals surface area (Å²) in [5.74, 6) is 0.136. The molecule has 0 atom stereocenters. The average molecular weight is 426 g/mol. The molecule has 0 spiro atoms. The van der Waals surface area contributed by atoms with E-state index in [0.717, 1.165) is 24.3 Å². The molecule has 3 saturated carbocycles. The van der Waals surface area contributed by atoms with Crippen molar-refractivity contribution >= 4 is 46.4 Å². The van der Waals surface area contributed by atoms with Gasteiger partial charge in [0.15, 0.2) is 6.61 Å². The number of aromatic nitrogens is 1. The van der Waals surface area contributed by atoms with Gasteiger partial charge in [-0.15, -0.1) is 11.3 Å². The highest BCUT2D eigenvalue weighted by Crippen LogP contribution is 2.60. The Balaban J connectivity index is 1.23. The van der Waals surface area contributed by atoms with E-state index in [1.165, 1.54) is 11.3 Å². The molecule has 2 amide bonds. The molecule has 142 valence electrons. The van der Waals surface area contributed by atoms with Crippen molar-refractivity contribution in [3.63, 3.8) is 0 Å². The molecule has 0 unspecified atom stereocenters. The van der Waals surface area contributed by atoms with Gasteiger partial charge in [-0.1, -0.05) is 23.2 Å². The molecule has 2 aromatic rings. The Hall–Kier alpha value is -1.83. The van der Waals surface area contributed by atoms with Crippen LogP contribution in [0.3, 0.4) is 0 Å². The quantitative estimate of drug-likeness (QED) is 0.743. The number of aryl methyl sites for hydroxylation is 1. The SMILES string of the molecule is Cc1nc(C(=O)NC23CC(NC(=O)COc4ccc(Cl)c(Cl)c4)(C2)C3)cs1. The topological polar surface area (TPSA) is 80.3 Å². The van der Waals surface area contributed by atoms with Crippen molar-refractivity contribution in [2.45, 2.75) is 37.3 Å². The van der Waals surface area contributed by atoms with Crippen LogP contribution in [-0.4, -0.2) is 34.5 Å². The van der Waals surface area contributed by atoms with E-state index in [9.17, 15) is 9.59 Å².